The topological polar surface area (TPSA) is 0 Å². The number of hydrogen-bond donors (Lipinski definition) is 0. The van der Waals surface area contributed by atoms with Crippen LogP contribution in [-0.2, 0) is 0 Å². The molecule has 0 nitrogen and oxygen atoms in total. The molecule has 18 bridgehead atoms. The second-order valence-electron chi connectivity index (χ2n) is 45.6. The lowest BCUT2D eigenvalue weighted by atomic mass is 9.46. The van der Waals surface area contributed by atoms with Crippen LogP contribution in [0.4, 0.5) is 0 Å². The molecule has 20 unspecified atom stereocenters. The molecule has 0 heteroatoms. The van der Waals surface area contributed by atoms with E-state index in [1.165, 1.54) is 87.9 Å². The van der Waals surface area contributed by atoms with Crippen molar-refractivity contribution in [1.82, 2.24) is 0 Å². The van der Waals surface area contributed by atoms with E-state index in [-0.39, 0.29) is 0 Å². The van der Waals surface area contributed by atoms with Gasteiger partial charge in [0.2, 0.25) is 0 Å². The van der Waals surface area contributed by atoms with E-state index in [4.69, 9.17) is 0 Å². The Morgan fingerprint density at radius 1 is 0.213 bits per heavy atom. The molecule has 21 aliphatic rings. The minimum atomic E-state index is 0.570. The molecule has 0 spiro atoms. The minimum Gasteiger partial charge on any atom is -0.0683 e. The molecule has 0 amide bonds. The van der Waals surface area contributed by atoms with Crippen molar-refractivity contribution in [3.8, 4) is 0 Å². The van der Waals surface area contributed by atoms with Crippen molar-refractivity contribution in [2.75, 3.05) is 0 Å². The van der Waals surface area contributed by atoms with Crippen LogP contribution >= 0.6 is 0 Å². The van der Waals surface area contributed by atoms with Crippen molar-refractivity contribution in [3.63, 3.8) is 0 Å². The normalized spacial score (nSPS) is 47.0. The molecule has 0 saturated heterocycles. The average Bonchev–Trinajstić information content (AvgIpc) is 1.47. The standard InChI is InChI=1S/C16H26.C15H26.C14H24.2C12H20.C11H20.C10H20.2C2H6/c1-16(2,3)13-8-11-7-12(13)15-10-5-4-9(6-10)14(11)15;1-15(2,3)14-9-10-8-13(14)12-7-5-4-6-11(10)12;1-14(2,3)13-8-9-7-12(13)11-6-4-5-10(9)11;2*1-12(2)10-4-8-3-9(6-10)7-11(12)5-8;1-11(2,3)10-7-8-4-5-9(10)6-8;1-10(2,3)9-7-5-4-6-8-9;2*1-2/h9-15H,4-8H2,1-3H3;10-14H,4-9H2,1-3H3;9-13H,4-8H2,1-3H3;2*8-11H,3-7H2,1-2H3;8-10H,4-7H2,1-3H3;9H,4-8H2,1-3H3;2*1-2H3. The third-order valence-electron chi connectivity index (χ3n) is 35.3. The third-order valence-corrected chi connectivity index (χ3v) is 35.3. The first kappa shape index (κ1) is 75.2. The van der Waals surface area contributed by atoms with Gasteiger partial charge in [-0.2, -0.15) is 0 Å². The average molecular weight is 1300 g/mol. The maximum absolute atomic E-state index is 2.53. The van der Waals surface area contributed by atoms with Crippen LogP contribution in [0.3, 0.4) is 0 Å². The number of fused-ring (bicyclic) bond motifs is 21. The van der Waals surface area contributed by atoms with E-state index in [0.29, 0.717) is 37.9 Å². The summed E-state index contributed by atoms with van der Waals surface area (Å²) in [5.41, 5.74) is 4.28. The Morgan fingerprint density at radius 2 is 0.564 bits per heavy atom. The Balaban J connectivity index is 0.000000111. The first-order chi connectivity index (χ1) is 44.2. The van der Waals surface area contributed by atoms with Crippen molar-refractivity contribution in [1.29, 1.82) is 0 Å². The summed E-state index contributed by atoms with van der Waals surface area (Å²) in [6.07, 6.45) is 54.5. The van der Waals surface area contributed by atoms with E-state index in [9.17, 15) is 0 Å². The van der Waals surface area contributed by atoms with Gasteiger partial charge in [-0.25, -0.2) is 0 Å². The smallest absolute Gasteiger partial charge is 0.0297 e. The molecule has 21 saturated carbocycles. The molecular formula is C94H168. The van der Waals surface area contributed by atoms with Crippen LogP contribution in [0, 0.1) is 210 Å². The van der Waals surface area contributed by atoms with E-state index >= 15 is 0 Å². The van der Waals surface area contributed by atoms with Crippen LogP contribution < -0.4 is 0 Å². The Bertz CT molecular complexity index is 2240. The molecule has 94 heavy (non-hydrogen) atoms. The first-order valence-electron chi connectivity index (χ1n) is 44.2. The van der Waals surface area contributed by atoms with E-state index in [0.717, 1.165) is 148 Å². The van der Waals surface area contributed by atoms with Crippen LogP contribution in [0.2, 0.25) is 0 Å². The maximum atomic E-state index is 2.53. The fourth-order valence-electron chi connectivity index (χ4n) is 30.9. The van der Waals surface area contributed by atoms with Crippen LogP contribution in [0.25, 0.3) is 0 Å². The molecule has 0 aromatic rings. The molecule has 21 rings (SSSR count). The highest BCUT2D eigenvalue weighted by molar-refractivity contribution is 5.13. The summed E-state index contributed by atoms with van der Waals surface area (Å²) in [5.74, 6) is 32.4. The predicted octanol–water partition coefficient (Wildman–Crippen LogP) is 29.0. The maximum Gasteiger partial charge on any atom is -0.0297 e. The van der Waals surface area contributed by atoms with Gasteiger partial charge in [0.05, 0.1) is 0 Å². The van der Waals surface area contributed by atoms with Crippen LogP contribution in [0.5, 0.6) is 0 Å². The Hall–Kier alpha value is 0. The van der Waals surface area contributed by atoms with Crippen LogP contribution in [0.15, 0.2) is 0 Å². The predicted molar refractivity (Wildman–Crippen MR) is 410 cm³/mol. The summed E-state index contributed by atoms with van der Waals surface area (Å²) < 4.78 is 0. The fraction of sp³-hybridized carbons (Fsp3) is 1.00. The van der Waals surface area contributed by atoms with E-state index < -0.39 is 0 Å². The lowest BCUT2D eigenvalue weighted by Gasteiger charge is -2.59. The molecule has 21 fully saturated rings. The zero-order valence-electron chi connectivity index (χ0n) is 68.0. The number of hydrogen-bond acceptors (Lipinski definition) is 0. The summed E-state index contributed by atoms with van der Waals surface area (Å²) in [5, 5.41) is 0. The highest BCUT2D eigenvalue weighted by Gasteiger charge is 2.64. The zero-order valence-corrected chi connectivity index (χ0v) is 68.0. The highest BCUT2D eigenvalue weighted by Crippen LogP contribution is 2.72. The molecule has 0 N–H and O–H groups in total. The van der Waals surface area contributed by atoms with Gasteiger partial charge in [0.15, 0.2) is 0 Å². The van der Waals surface area contributed by atoms with Gasteiger partial charge in [0.25, 0.3) is 0 Å². The van der Waals surface area contributed by atoms with Crippen molar-refractivity contribution in [2.45, 2.75) is 384 Å². The van der Waals surface area contributed by atoms with Gasteiger partial charge in [0.1, 0.15) is 0 Å². The zero-order chi connectivity index (χ0) is 68.0. The SMILES string of the molecule is CC.CC.CC(C)(C)C1CC2CC1C1C3CCC(C3)C21.CC(C)(C)C1CC2CC1C1CCCC21.CC(C)(C)C1CC2CC1C1CCCCC21.CC(C)(C)C1CC2CCC1C2.CC(C)(C)C1CCCCC1.CC1(C)C2CC3CC(C2)CC1C3.CC1(C)C2CC3CC(C2)CC1C3. The second-order valence-corrected chi connectivity index (χ2v) is 45.6. The molecule has 0 heterocycles. The Morgan fingerprint density at radius 3 is 0.936 bits per heavy atom. The quantitative estimate of drug-likeness (QED) is 0.212. The van der Waals surface area contributed by atoms with Crippen LogP contribution in [0.1, 0.15) is 384 Å². The van der Waals surface area contributed by atoms with Crippen molar-refractivity contribution in [3.05, 3.63) is 0 Å². The fourth-order valence-corrected chi connectivity index (χ4v) is 30.9. The Labute approximate surface area is 590 Å². The largest absolute Gasteiger partial charge is 0.0683 e. The molecule has 21 aliphatic carbocycles. The van der Waals surface area contributed by atoms with E-state index in [2.05, 4.69) is 132 Å². The summed E-state index contributed by atoms with van der Waals surface area (Å²) in [6.45, 7) is 54.7. The summed E-state index contributed by atoms with van der Waals surface area (Å²) in [7, 11) is 0. The minimum absolute atomic E-state index is 0.570. The van der Waals surface area contributed by atoms with Gasteiger partial charge in [-0.3, -0.25) is 0 Å². The van der Waals surface area contributed by atoms with Gasteiger partial charge in [-0.15, -0.1) is 0 Å². The Kier molecular flexibility index (Phi) is 23.4. The third kappa shape index (κ3) is 15.6. The van der Waals surface area contributed by atoms with Gasteiger partial charge in [-0.05, 0) is 389 Å². The summed E-state index contributed by atoms with van der Waals surface area (Å²) >= 11 is 0. The van der Waals surface area contributed by atoms with Gasteiger partial charge in [0, 0.05) is 0 Å². The first-order valence-corrected chi connectivity index (χ1v) is 44.2. The van der Waals surface area contributed by atoms with Gasteiger partial charge < -0.3 is 0 Å². The molecule has 0 aromatic heterocycles. The van der Waals surface area contributed by atoms with Crippen molar-refractivity contribution >= 4 is 0 Å². The van der Waals surface area contributed by atoms with E-state index in [1.54, 1.807) is 161 Å². The molecule has 0 aromatic carbocycles. The number of rotatable bonds is 0. The molecule has 544 valence electrons. The molecule has 0 radical (unpaired) electrons. The van der Waals surface area contributed by atoms with Crippen molar-refractivity contribution < 1.29 is 0 Å². The molecule has 0 aliphatic heterocycles. The molecule has 20 atom stereocenters. The van der Waals surface area contributed by atoms with E-state index in [1.807, 2.05) is 27.7 Å². The second kappa shape index (κ2) is 29.3. The summed E-state index contributed by atoms with van der Waals surface area (Å²) in [6, 6.07) is 0. The molecular weight excluding hydrogens is 1130 g/mol. The lowest BCUT2D eigenvalue weighted by molar-refractivity contribution is -0.0876. The van der Waals surface area contributed by atoms with Crippen LogP contribution in [-0.4, -0.2) is 0 Å². The van der Waals surface area contributed by atoms with Gasteiger partial charge >= 0.3 is 0 Å². The lowest BCUT2D eigenvalue weighted by Crippen LogP contribution is -2.49. The van der Waals surface area contributed by atoms with Crippen molar-refractivity contribution in [2.24, 2.45) is 210 Å². The highest BCUT2D eigenvalue weighted by atomic mass is 14.7. The summed E-state index contributed by atoms with van der Waals surface area (Å²) in [4.78, 5) is 0. The monoisotopic (exact) mass is 1300 g/mol. The van der Waals surface area contributed by atoms with Gasteiger partial charge in [-0.1, -0.05) is 204 Å².